The van der Waals surface area contributed by atoms with Gasteiger partial charge in [-0.15, -0.1) is 0 Å². The fourth-order valence-electron chi connectivity index (χ4n) is 1.28. The highest BCUT2D eigenvalue weighted by Crippen LogP contribution is 2.06. The van der Waals surface area contributed by atoms with Gasteiger partial charge in [0.05, 0.1) is 7.11 Å². The van der Waals surface area contributed by atoms with E-state index in [1.807, 2.05) is 0 Å². The molecule has 0 aromatic rings. The molecule has 1 aliphatic rings. The van der Waals surface area contributed by atoms with E-state index in [0.717, 1.165) is 0 Å². The van der Waals surface area contributed by atoms with Crippen LogP contribution in [0.5, 0.6) is 0 Å². The molecule has 0 amide bonds. The van der Waals surface area contributed by atoms with Crippen LogP contribution in [0.1, 0.15) is 33.1 Å². The Bertz CT molecular complexity index is 131. The van der Waals surface area contributed by atoms with Gasteiger partial charge in [-0.1, -0.05) is 13.3 Å². The first kappa shape index (κ1) is 12.4. The average molecular weight is 187 g/mol. The molecule has 0 aromatic heterocycles. The zero-order valence-corrected chi connectivity index (χ0v) is 9.01. The van der Waals surface area contributed by atoms with Gasteiger partial charge in [-0.05, 0) is 32.5 Å². The Hall–Kier alpha value is -0.570. The van der Waals surface area contributed by atoms with Crippen molar-refractivity contribution in [3.8, 4) is 0 Å². The molecule has 1 heterocycles. The molecule has 0 radical (unpaired) electrons. The fourth-order valence-corrected chi connectivity index (χ4v) is 1.28. The summed E-state index contributed by atoms with van der Waals surface area (Å²) in [5, 5.41) is 0. The van der Waals surface area contributed by atoms with Crippen molar-refractivity contribution in [1.29, 1.82) is 0 Å². The minimum absolute atomic E-state index is 0.245. The molecule has 3 heteroatoms. The molecule has 13 heavy (non-hydrogen) atoms. The lowest BCUT2D eigenvalue weighted by molar-refractivity contribution is -0.137. The SMILES string of the molecule is CCN1CCCCC1.COC(C)=O. The summed E-state index contributed by atoms with van der Waals surface area (Å²) in [7, 11) is 1.35. The third-order valence-electron chi connectivity index (χ3n) is 2.18. The molecular formula is C10H21NO2. The molecule has 0 aliphatic carbocycles. The Morgan fingerprint density at radius 1 is 1.31 bits per heavy atom. The standard InChI is InChI=1S/C7H15N.C3H6O2/c1-2-8-6-4-3-5-7-8;1-3(4)5-2/h2-7H2,1H3;1-2H3. The number of carbonyl (C=O) groups is 1. The summed E-state index contributed by atoms with van der Waals surface area (Å²) in [5.74, 6) is -0.245. The quantitative estimate of drug-likeness (QED) is 0.585. The van der Waals surface area contributed by atoms with Gasteiger partial charge < -0.3 is 9.64 Å². The Labute approximate surface area is 81.1 Å². The van der Waals surface area contributed by atoms with E-state index in [1.165, 1.54) is 52.9 Å². The summed E-state index contributed by atoms with van der Waals surface area (Å²) in [5.41, 5.74) is 0. The van der Waals surface area contributed by atoms with Crippen molar-refractivity contribution in [3.05, 3.63) is 0 Å². The Morgan fingerprint density at radius 2 is 1.77 bits per heavy atom. The van der Waals surface area contributed by atoms with Crippen LogP contribution in [0.25, 0.3) is 0 Å². The molecule has 1 saturated heterocycles. The van der Waals surface area contributed by atoms with Crippen LogP contribution in [0, 0.1) is 0 Å². The van der Waals surface area contributed by atoms with Gasteiger partial charge in [-0.2, -0.15) is 0 Å². The molecular weight excluding hydrogens is 166 g/mol. The summed E-state index contributed by atoms with van der Waals surface area (Å²) in [6.45, 7) is 7.54. The summed E-state index contributed by atoms with van der Waals surface area (Å²) in [6, 6.07) is 0. The second kappa shape index (κ2) is 8.05. The number of esters is 1. The van der Waals surface area contributed by atoms with Gasteiger partial charge in [-0.3, -0.25) is 4.79 Å². The predicted octanol–water partition coefficient (Wildman–Crippen LogP) is 1.67. The van der Waals surface area contributed by atoms with Gasteiger partial charge in [0.1, 0.15) is 0 Å². The van der Waals surface area contributed by atoms with Crippen LogP contribution in [0.15, 0.2) is 0 Å². The van der Waals surface area contributed by atoms with Gasteiger partial charge in [0.25, 0.3) is 0 Å². The number of nitrogens with zero attached hydrogens (tertiary/aromatic N) is 1. The van der Waals surface area contributed by atoms with Crippen molar-refractivity contribution in [1.82, 2.24) is 4.90 Å². The second-order valence-corrected chi connectivity index (χ2v) is 3.19. The number of piperidine rings is 1. The highest BCUT2D eigenvalue weighted by Gasteiger charge is 2.05. The molecule has 0 atom stereocenters. The summed E-state index contributed by atoms with van der Waals surface area (Å²) < 4.78 is 4.11. The van der Waals surface area contributed by atoms with E-state index in [1.54, 1.807) is 0 Å². The van der Waals surface area contributed by atoms with Crippen molar-refractivity contribution >= 4 is 5.97 Å². The van der Waals surface area contributed by atoms with E-state index in [9.17, 15) is 4.79 Å². The zero-order chi connectivity index (χ0) is 10.1. The molecule has 0 aromatic carbocycles. The van der Waals surface area contributed by atoms with Crippen LogP contribution in [0.2, 0.25) is 0 Å². The van der Waals surface area contributed by atoms with E-state index < -0.39 is 0 Å². The average Bonchev–Trinajstić information content (AvgIpc) is 2.20. The lowest BCUT2D eigenvalue weighted by Gasteiger charge is -2.24. The minimum Gasteiger partial charge on any atom is -0.469 e. The summed E-state index contributed by atoms with van der Waals surface area (Å²) >= 11 is 0. The van der Waals surface area contributed by atoms with Crippen molar-refractivity contribution in [2.45, 2.75) is 33.1 Å². The Balaban J connectivity index is 0.000000252. The van der Waals surface area contributed by atoms with Crippen molar-refractivity contribution < 1.29 is 9.53 Å². The number of methoxy groups -OCH3 is 1. The first-order valence-electron chi connectivity index (χ1n) is 4.97. The van der Waals surface area contributed by atoms with Crippen LogP contribution < -0.4 is 0 Å². The van der Waals surface area contributed by atoms with Crippen LogP contribution in [-0.4, -0.2) is 37.6 Å². The van der Waals surface area contributed by atoms with E-state index in [0.29, 0.717) is 0 Å². The first-order valence-corrected chi connectivity index (χ1v) is 4.97. The Kier molecular flexibility index (Phi) is 7.69. The van der Waals surface area contributed by atoms with Crippen LogP contribution in [0.3, 0.4) is 0 Å². The van der Waals surface area contributed by atoms with Crippen LogP contribution in [-0.2, 0) is 9.53 Å². The smallest absolute Gasteiger partial charge is 0.302 e. The maximum absolute atomic E-state index is 9.59. The number of rotatable bonds is 1. The highest BCUT2D eigenvalue weighted by atomic mass is 16.5. The lowest BCUT2D eigenvalue weighted by atomic mass is 10.1. The molecule has 1 rings (SSSR count). The van der Waals surface area contributed by atoms with Gasteiger partial charge in [0.15, 0.2) is 0 Å². The third kappa shape index (κ3) is 7.78. The first-order chi connectivity index (χ1) is 6.20. The van der Waals surface area contributed by atoms with Crippen molar-refractivity contribution in [3.63, 3.8) is 0 Å². The topological polar surface area (TPSA) is 29.5 Å². The highest BCUT2D eigenvalue weighted by molar-refractivity contribution is 5.65. The molecule has 1 fully saturated rings. The van der Waals surface area contributed by atoms with Crippen molar-refractivity contribution in [2.75, 3.05) is 26.7 Å². The normalized spacial score (nSPS) is 17.2. The van der Waals surface area contributed by atoms with E-state index >= 15 is 0 Å². The third-order valence-corrected chi connectivity index (χ3v) is 2.18. The number of likely N-dealkylation sites (tertiary alicyclic amines) is 1. The summed E-state index contributed by atoms with van der Waals surface area (Å²) in [6.07, 6.45) is 4.30. The Morgan fingerprint density at radius 3 is 2.00 bits per heavy atom. The maximum Gasteiger partial charge on any atom is 0.302 e. The van der Waals surface area contributed by atoms with Gasteiger partial charge >= 0.3 is 5.97 Å². The maximum atomic E-state index is 9.59. The molecule has 0 spiro atoms. The van der Waals surface area contributed by atoms with Gasteiger partial charge in [0.2, 0.25) is 0 Å². The minimum atomic E-state index is -0.245. The van der Waals surface area contributed by atoms with E-state index in [2.05, 4.69) is 16.6 Å². The number of carbonyl (C=O) groups excluding carboxylic acids is 1. The largest absolute Gasteiger partial charge is 0.469 e. The number of hydrogen-bond donors (Lipinski definition) is 0. The molecule has 78 valence electrons. The van der Waals surface area contributed by atoms with Crippen molar-refractivity contribution in [2.24, 2.45) is 0 Å². The van der Waals surface area contributed by atoms with Gasteiger partial charge in [0, 0.05) is 6.92 Å². The van der Waals surface area contributed by atoms with E-state index in [4.69, 9.17) is 0 Å². The van der Waals surface area contributed by atoms with Crippen LogP contribution in [0.4, 0.5) is 0 Å². The lowest BCUT2D eigenvalue weighted by Crippen LogP contribution is -2.29. The second-order valence-electron chi connectivity index (χ2n) is 3.19. The predicted molar refractivity (Wildman–Crippen MR) is 53.7 cm³/mol. The summed E-state index contributed by atoms with van der Waals surface area (Å²) in [4.78, 5) is 12.1. The van der Waals surface area contributed by atoms with Gasteiger partial charge in [-0.25, -0.2) is 0 Å². The molecule has 0 bridgehead atoms. The molecule has 3 nitrogen and oxygen atoms in total. The van der Waals surface area contributed by atoms with Crippen LogP contribution >= 0.6 is 0 Å². The molecule has 0 unspecified atom stereocenters. The zero-order valence-electron chi connectivity index (χ0n) is 9.01. The molecule has 0 N–H and O–H groups in total. The number of hydrogen-bond acceptors (Lipinski definition) is 3. The number of ether oxygens (including phenoxy) is 1. The monoisotopic (exact) mass is 187 g/mol. The van der Waals surface area contributed by atoms with E-state index in [-0.39, 0.29) is 5.97 Å². The fraction of sp³-hybridized carbons (Fsp3) is 0.900. The molecule has 1 aliphatic heterocycles. The molecule has 0 saturated carbocycles.